The van der Waals surface area contributed by atoms with E-state index in [0.29, 0.717) is 17.7 Å². The molecule has 5 nitrogen and oxygen atoms in total. The lowest BCUT2D eigenvalue weighted by Crippen LogP contribution is -2.22. The Bertz CT molecular complexity index is 1150. The van der Waals surface area contributed by atoms with Gasteiger partial charge in [-0.3, -0.25) is 0 Å². The van der Waals surface area contributed by atoms with Crippen molar-refractivity contribution in [2.24, 2.45) is 0 Å². The molecule has 0 fully saturated rings. The first kappa shape index (κ1) is 21.1. The number of furan rings is 1. The normalized spacial score (nSPS) is 14.6. The van der Waals surface area contributed by atoms with Gasteiger partial charge in [0.2, 0.25) is 9.84 Å². The predicted molar refractivity (Wildman–Crippen MR) is 111 cm³/mol. The maximum Gasteiger partial charge on any atom is 0.206 e. The summed E-state index contributed by atoms with van der Waals surface area (Å²) in [6.45, 7) is 4.68. The maximum atomic E-state index is 13.2. The molecular formula is C20H21Cl2NO4S. The molecule has 0 bridgehead atoms. The Hall–Kier alpha value is -1.57. The van der Waals surface area contributed by atoms with E-state index in [0.717, 1.165) is 29.7 Å². The molecule has 2 heterocycles. The average molecular weight is 442 g/mol. The molecule has 0 amide bonds. The SMILES string of the molecule is CC(C)(O)c1cccc(S(=O)(=O)c2cc(Cl)c3oc4c(c3c2)CNCC4)c1.Cl. The van der Waals surface area contributed by atoms with Crippen LogP contribution in [0.3, 0.4) is 0 Å². The highest BCUT2D eigenvalue weighted by Gasteiger charge is 2.26. The molecule has 3 aromatic rings. The summed E-state index contributed by atoms with van der Waals surface area (Å²) in [5.41, 5.74) is 0.873. The fraction of sp³-hybridized carbons (Fsp3) is 0.300. The summed E-state index contributed by atoms with van der Waals surface area (Å²) in [4.78, 5) is 0.232. The fourth-order valence-electron chi connectivity index (χ4n) is 3.38. The minimum atomic E-state index is -3.80. The van der Waals surface area contributed by atoms with Crippen molar-refractivity contribution in [2.45, 2.75) is 42.2 Å². The molecule has 0 spiro atoms. The zero-order valence-electron chi connectivity index (χ0n) is 15.5. The van der Waals surface area contributed by atoms with Gasteiger partial charge >= 0.3 is 0 Å². The second kappa shape index (κ2) is 7.35. The number of sulfone groups is 1. The van der Waals surface area contributed by atoms with Crippen LogP contribution in [-0.4, -0.2) is 20.1 Å². The molecule has 0 atom stereocenters. The molecule has 0 saturated heterocycles. The molecule has 1 aromatic heterocycles. The molecule has 1 aliphatic heterocycles. The fourth-order valence-corrected chi connectivity index (χ4v) is 5.06. The first-order chi connectivity index (χ1) is 12.7. The predicted octanol–water partition coefficient (Wildman–Crippen LogP) is 4.21. The zero-order chi connectivity index (χ0) is 19.4. The van der Waals surface area contributed by atoms with Crippen LogP contribution in [0, 0.1) is 0 Å². The second-order valence-electron chi connectivity index (χ2n) is 7.30. The standard InChI is InChI=1S/C20H20ClNO4S.ClH/c1-20(2,23)12-4-3-5-13(8-12)27(24,25)14-9-15-16-11-22-7-6-18(16)26-19(15)17(21)10-14;/h3-5,8-10,22-23H,6-7,11H2,1-2H3;1H. The van der Waals surface area contributed by atoms with E-state index >= 15 is 0 Å². The molecule has 4 rings (SSSR count). The number of rotatable bonds is 3. The minimum Gasteiger partial charge on any atom is -0.459 e. The smallest absolute Gasteiger partial charge is 0.206 e. The van der Waals surface area contributed by atoms with Gasteiger partial charge in [0.05, 0.1) is 20.4 Å². The Labute approximate surface area is 175 Å². The highest BCUT2D eigenvalue weighted by Crippen LogP contribution is 2.37. The van der Waals surface area contributed by atoms with Crippen LogP contribution in [0.4, 0.5) is 0 Å². The molecule has 0 aliphatic carbocycles. The largest absolute Gasteiger partial charge is 0.459 e. The highest BCUT2D eigenvalue weighted by atomic mass is 35.5. The molecule has 0 radical (unpaired) electrons. The van der Waals surface area contributed by atoms with Crippen molar-refractivity contribution in [3.8, 4) is 0 Å². The van der Waals surface area contributed by atoms with E-state index in [-0.39, 0.29) is 27.2 Å². The summed E-state index contributed by atoms with van der Waals surface area (Å²) in [7, 11) is -3.80. The van der Waals surface area contributed by atoms with Crippen molar-refractivity contribution < 1.29 is 17.9 Å². The van der Waals surface area contributed by atoms with Crippen LogP contribution in [-0.2, 0) is 28.4 Å². The van der Waals surface area contributed by atoms with Crippen molar-refractivity contribution in [1.82, 2.24) is 5.32 Å². The number of hydrogen-bond acceptors (Lipinski definition) is 5. The summed E-state index contributed by atoms with van der Waals surface area (Å²) in [6, 6.07) is 9.41. The van der Waals surface area contributed by atoms with Gasteiger partial charge in [-0.1, -0.05) is 23.7 Å². The highest BCUT2D eigenvalue weighted by molar-refractivity contribution is 7.91. The Morgan fingerprint density at radius 3 is 2.64 bits per heavy atom. The number of benzene rings is 2. The minimum absolute atomic E-state index is 0. The van der Waals surface area contributed by atoms with Crippen LogP contribution in [0.2, 0.25) is 5.02 Å². The van der Waals surface area contributed by atoms with E-state index in [1.54, 1.807) is 32.0 Å². The summed E-state index contributed by atoms with van der Waals surface area (Å²) < 4.78 is 32.3. The van der Waals surface area contributed by atoms with Crippen LogP contribution in [0.25, 0.3) is 11.0 Å². The van der Waals surface area contributed by atoms with Crippen molar-refractivity contribution in [3.63, 3.8) is 0 Å². The van der Waals surface area contributed by atoms with Gasteiger partial charge in [-0.05, 0) is 43.7 Å². The van der Waals surface area contributed by atoms with Crippen LogP contribution >= 0.6 is 24.0 Å². The Morgan fingerprint density at radius 2 is 1.93 bits per heavy atom. The van der Waals surface area contributed by atoms with Gasteiger partial charge in [0, 0.05) is 30.5 Å². The second-order valence-corrected chi connectivity index (χ2v) is 9.66. The third-order valence-corrected chi connectivity index (χ3v) is 6.91. The number of halogens is 2. The monoisotopic (exact) mass is 441 g/mol. The number of hydrogen-bond donors (Lipinski definition) is 2. The van der Waals surface area contributed by atoms with Gasteiger partial charge in [-0.15, -0.1) is 12.4 Å². The van der Waals surface area contributed by atoms with Crippen LogP contribution < -0.4 is 5.32 Å². The van der Waals surface area contributed by atoms with Crippen LogP contribution in [0.5, 0.6) is 0 Å². The molecule has 150 valence electrons. The molecule has 2 aromatic carbocycles. The van der Waals surface area contributed by atoms with E-state index in [2.05, 4.69) is 5.32 Å². The van der Waals surface area contributed by atoms with Crippen molar-refractivity contribution in [3.05, 3.63) is 58.3 Å². The van der Waals surface area contributed by atoms with E-state index in [9.17, 15) is 13.5 Å². The van der Waals surface area contributed by atoms with E-state index in [1.165, 1.54) is 18.2 Å². The van der Waals surface area contributed by atoms with Gasteiger partial charge in [-0.2, -0.15) is 0 Å². The summed E-state index contributed by atoms with van der Waals surface area (Å²) in [5, 5.41) is 14.5. The lowest BCUT2D eigenvalue weighted by molar-refractivity contribution is 0.0784. The van der Waals surface area contributed by atoms with Gasteiger partial charge in [0.25, 0.3) is 0 Å². The Kier molecular flexibility index (Phi) is 5.55. The number of aliphatic hydroxyl groups is 1. The molecule has 0 unspecified atom stereocenters. The number of fused-ring (bicyclic) bond motifs is 3. The Morgan fingerprint density at radius 1 is 1.18 bits per heavy atom. The average Bonchev–Trinajstić information content (AvgIpc) is 3.01. The maximum absolute atomic E-state index is 13.2. The third-order valence-electron chi connectivity index (χ3n) is 4.90. The molecule has 2 N–H and O–H groups in total. The van der Waals surface area contributed by atoms with E-state index in [1.807, 2.05) is 0 Å². The summed E-state index contributed by atoms with van der Waals surface area (Å²) in [6.07, 6.45) is 0.746. The van der Waals surface area contributed by atoms with Crippen LogP contribution in [0.15, 0.2) is 50.6 Å². The molecular weight excluding hydrogens is 421 g/mol. The zero-order valence-corrected chi connectivity index (χ0v) is 17.8. The van der Waals surface area contributed by atoms with E-state index < -0.39 is 15.4 Å². The van der Waals surface area contributed by atoms with Crippen LogP contribution in [0.1, 0.15) is 30.7 Å². The van der Waals surface area contributed by atoms with Gasteiger partial charge in [0.15, 0.2) is 5.58 Å². The van der Waals surface area contributed by atoms with Crippen molar-refractivity contribution >= 4 is 44.8 Å². The van der Waals surface area contributed by atoms with Gasteiger partial charge in [0.1, 0.15) is 5.76 Å². The lowest BCUT2D eigenvalue weighted by atomic mass is 9.99. The molecule has 28 heavy (non-hydrogen) atoms. The van der Waals surface area contributed by atoms with Crippen molar-refractivity contribution in [1.29, 1.82) is 0 Å². The summed E-state index contributed by atoms with van der Waals surface area (Å²) >= 11 is 6.36. The third kappa shape index (κ3) is 3.55. The Balaban J connectivity index is 0.00000225. The first-order valence-electron chi connectivity index (χ1n) is 8.70. The van der Waals surface area contributed by atoms with Gasteiger partial charge < -0.3 is 14.8 Å². The van der Waals surface area contributed by atoms with E-state index in [4.69, 9.17) is 16.0 Å². The molecule has 0 saturated carbocycles. The molecule has 1 aliphatic rings. The number of nitrogens with one attached hydrogen (secondary N) is 1. The van der Waals surface area contributed by atoms with Crippen molar-refractivity contribution in [2.75, 3.05) is 6.54 Å². The van der Waals surface area contributed by atoms with Gasteiger partial charge in [-0.25, -0.2) is 8.42 Å². The first-order valence-corrected chi connectivity index (χ1v) is 10.6. The summed E-state index contributed by atoms with van der Waals surface area (Å²) in [5.74, 6) is 0.851. The molecule has 8 heteroatoms. The quantitative estimate of drug-likeness (QED) is 0.635. The lowest BCUT2D eigenvalue weighted by Gasteiger charge is -2.18. The topological polar surface area (TPSA) is 79.5 Å².